The monoisotopic (exact) mass is 204 g/mol. The topological polar surface area (TPSA) is 78.5 Å². The van der Waals surface area contributed by atoms with Crippen LogP contribution >= 0.6 is 12.2 Å². The Kier molecular flexibility index (Phi) is 6.23. The van der Waals surface area contributed by atoms with E-state index in [1.165, 1.54) is 0 Å². The minimum absolute atomic E-state index is 0.233. The van der Waals surface area contributed by atoms with Crippen LogP contribution in [0.3, 0.4) is 0 Å². The maximum Gasteiger partial charge on any atom is 0.475 e. The molecular weight excluding hydrogens is 187 g/mol. The Morgan fingerprint density at radius 2 is 2.08 bits per heavy atom. The van der Waals surface area contributed by atoms with E-state index >= 15 is 0 Å². The number of rotatable bonds is 5. The second-order valence-electron chi connectivity index (χ2n) is 3.42. The molecule has 0 saturated heterocycles. The first kappa shape index (κ1) is 12.8. The highest BCUT2D eigenvalue weighted by atomic mass is 32.1. The van der Waals surface area contributed by atoms with Crippen LogP contribution in [0.2, 0.25) is 0 Å². The summed E-state index contributed by atoms with van der Waals surface area (Å²) in [5, 5.41) is 20.8. The van der Waals surface area contributed by atoms with Gasteiger partial charge in [0.25, 0.3) is 0 Å². The van der Waals surface area contributed by atoms with Gasteiger partial charge in [-0.3, -0.25) is 0 Å². The quantitative estimate of drug-likeness (QED) is 0.351. The van der Waals surface area contributed by atoms with Crippen molar-refractivity contribution in [3.63, 3.8) is 0 Å². The van der Waals surface area contributed by atoms with Crippen LogP contribution in [0.15, 0.2) is 0 Å². The Labute approximate surface area is 84.7 Å². The predicted molar refractivity (Wildman–Crippen MR) is 58.2 cm³/mol. The average molecular weight is 204 g/mol. The predicted octanol–water partition coefficient (Wildman–Crippen LogP) is -0.711. The third-order valence-electron chi connectivity index (χ3n) is 1.62. The SMILES string of the molecule is CC(C)C[C@H](NC(=S)CN)B(O)O. The molecule has 0 unspecified atom stereocenters. The molecule has 1 atom stereocenters. The minimum Gasteiger partial charge on any atom is -0.426 e. The van der Waals surface area contributed by atoms with E-state index in [0.29, 0.717) is 17.3 Å². The molecule has 5 N–H and O–H groups in total. The smallest absolute Gasteiger partial charge is 0.426 e. The normalized spacial score (nSPS) is 12.8. The van der Waals surface area contributed by atoms with Crippen molar-refractivity contribution >= 4 is 24.3 Å². The van der Waals surface area contributed by atoms with Crippen LogP contribution in [-0.2, 0) is 0 Å². The first-order valence-electron chi connectivity index (χ1n) is 4.33. The lowest BCUT2D eigenvalue weighted by Crippen LogP contribution is -2.48. The minimum atomic E-state index is -1.40. The van der Waals surface area contributed by atoms with E-state index in [1.54, 1.807) is 0 Å². The molecule has 0 aliphatic heterocycles. The van der Waals surface area contributed by atoms with Gasteiger partial charge in [0.1, 0.15) is 0 Å². The first-order chi connectivity index (χ1) is 5.97. The van der Waals surface area contributed by atoms with Crippen molar-refractivity contribution in [2.75, 3.05) is 6.54 Å². The van der Waals surface area contributed by atoms with Crippen LogP contribution in [0.1, 0.15) is 20.3 Å². The largest absolute Gasteiger partial charge is 0.475 e. The zero-order valence-electron chi connectivity index (χ0n) is 8.03. The van der Waals surface area contributed by atoms with Gasteiger partial charge in [-0.25, -0.2) is 0 Å². The summed E-state index contributed by atoms with van der Waals surface area (Å²) in [5.74, 6) is -0.0454. The molecule has 0 amide bonds. The van der Waals surface area contributed by atoms with Gasteiger partial charge in [0.15, 0.2) is 0 Å². The van der Waals surface area contributed by atoms with Crippen molar-refractivity contribution in [3.05, 3.63) is 0 Å². The molecule has 0 aromatic heterocycles. The molecule has 0 heterocycles. The maximum atomic E-state index is 9.00. The van der Waals surface area contributed by atoms with E-state index in [4.69, 9.17) is 28.0 Å². The van der Waals surface area contributed by atoms with Crippen molar-refractivity contribution in [2.45, 2.75) is 26.2 Å². The highest BCUT2D eigenvalue weighted by molar-refractivity contribution is 7.80. The lowest BCUT2D eigenvalue weighted by molar-refractivity contribution is 0.362. The highest BCUT2D eigenvalue weighted by Gasteiger charge is 2.24. The number of hydrogen-bond donors (Lipinski definition) is 4. The molecule has 0 bridgehead atoms. The molecule has 0 aliphatic carbocycles. The van der Waals surface area contributed by atoms with Crippen LogP contribution in [-0.4, -0.2) is 34.6 Å². The van der Waals surface area contributed by atoms with Gasteiger partial charge in [-0.15, -0.1) is 0 Å². The van der Waals surface area contributed by atoms with E-state index in [9.17, 15) is 0 Å². The Morgan fingerprint density at radius 3 is 2.38 bits per heavy atom. The molecule has 6 heteroatoms. The standard InChI is InChI=1S/C7H17BN2O2S/c1-5(2)3-6(8(11)12)10-7(13)4-9/h5-6,11-12H,3-4,9H2,1-2H3,(H,10,13)/t6-/m0/s1. The Balaban J connectivity index is 4.02. The number of thiocarbonyl (C=S) groups is 1. The van der Waals surface area contributed by atoms with Crippen molar-refractivity contribution in [1.29, 1.82) is 0 Å². The van der Waals surface area contributed by atoms with Crippen LogP contribution < -0.4 is 11.1 Å². The molecule has 13 heavy (non-hydrogen) atoms. The van der Waals surface area contributed by atoms with Gasteiger partial charge >= 0.3 is 7.12 Å². The molecule has 0 radical (unpaired) electrons. The highest BCUT2D eigenvalue weighted by Crippen LogP contribution is 2.05. The molecule has 0 spiro atoms. The Morgan fingerprint density at radius 1 is 1.54 bits per heavy atom. The van der Waals surface area contributed by atoms with Gasteiger partial charge in [-0.05, 0) is 12.3 Å². The van der Waals surface area contributed by atoms with E-state index < -0.39 is 13.1 Å². The van der Waals surface area contributed by atoms with E-state index in [-0.39, 0.29) is 6.54 Å². The first-order valence-corrected chi connectivity index (χ1v) is 4.73. The fraction of sp³-hybridized carbons (Fsp3) is 0.857. The lowest BCUT2D eigenvalue weighted by Gasteiger charge is -2.20. The average Bonchev–Trinajstić information content (AvgIpc) is 2.02. The van der Waals surface area contributed by atoms with Crippen molar-refractivity contribution in [3.8, 4) is 0 Å². The summed E-state index contributed by atoms with van der Waals surface area (Å²) in [5.41, 5.74) is 5.28. The number of hydrogen-bond acceptors (Lipinski definition) is 4. The third-order valence-corrected chi connectivity index (χ3v) is 1.90. The summed E-state index contributed by atoms with van der Waals surface area (Å²) in [6, 6.07) is 0. The Bertz CT molecular complexity index is 167. The van der Waals surface area contributed by atoms with Gasteiger partial charge in [-0.1, -0.05) is 26.1 Å². The second kappa shape index (κ2) is 6.31. The van der Waals surface area contributed by atoms with Crippen molar-refractivity contribution in [2.24, 2.45) is 11.7 Å². The summed E-state index contributed by atoms with van der Waals surface area (Å²) in [4.78, 5) is 0.457. The summed E-state index contributed by atoms with van der Waals surface area (Å²) in [6.45, 7) is 4.24. The molecule has 0 aliphatic rings. The molecule has 4 nitrogen and oxygen atoms in total. The second-order valence-corrected chi connectivity index (χ2v) is 3.91. The molecular formula is C7H17BN2O2S. The third kappa shape index (κ3) is 5.98. The molecule has 0 aromatic rings. The molecule has 0 aromatic carbocycles. The van der Waals surface area contributed by atoms with Crippen LogP contribution in [0.5, 0.6) is 0 Å². The zero-order chi connectivity index (χ0) is 10.4. The molecule has 0 rings (SSSR count). The Hall–Kier alpha value is -0.165. The van der Waals surface area contributed by atoms with Crippen LogP contribution in [0.4, 0.5) is 0 Å². The summed E-state index contributed by atoms with van der Waals surface area (Å²) < 4.78 is 0. The summed E-state index contributed by atoms with van der Waals surface area (Å²) in [6.07, 6.45) is 0.651. The lowest BCUT2D eigenvalue weighted by atomic mass is 9.75. The van der Waals surface area contributed by atoms with E-state index in [0.717, 1.165) is 0 Å². The van der Waals surface area contributed by atoms with Gasteiger partial charge in [0.2, 0.25) is 0 Å². The van der Waals surface area contributed by atoms with E-state index in [2.05, 4.69) is 5.32 Å². The molecule has 0 fully saturated rings. The number of nitrogens with two attached hydrogens (primary N) is 1. The molecule has 0 saturated carbocycles. The maximum absolute atomic E-state index is 9.00. The fourth-order valence-corrected chi connectivity index (χ4v) is 1.18. The van der Waals surface area contributed by atoms with E-state index in [1.807, 2.05) is 13.8 Å². The van der Waals surface area contributed by atoms with Gasteiger partial charge in [0.05, 0.1) is 10.9 Å². The van der Waals surface area contributed by atoms with Gasteiger partial charge in [-0.2, -0.15) is 0 Å². The van der Waals surface area contributed by atoms with Crippen LogP contribution in [0, 0.1) is 5.92 Å². The summed E-state index contributed by atoms with van der Waals surface area (Å²) >= 11 is 4.85. The van der Waals surface area contributed by atoms with Gasteiger partial charge < -0.3 is 21.1 Å². The molecule has 76 valence electrons. The number of nitrogens with one attached hydrogen (secondary N) is 1. The van der Waals surface area contributed by atoms with Gasteiger partial charge in [0, 0.05) is 6.54 Å². The van der Waals surface area contributed by atoms with Crippen LogP contribution in [0.25, 0.3) is 0 Å². The fourth-order valence-electron chi connectivity index (χ4n) is 1.03. The summed E-state index contributed by atoms with van der Waals surface area (Å²) in [7, 11) is -1.40. The van der Waals surface area contributed by atoms with Crippen molar-refractivity contribution < 1.29 is 10.0 Å². The van der Waals surface area contributed by atoms with Crippen molar-refractivity contribution in [1.82, 2.24) is 5.32 Å². The zero-order valence-corrected chi connectivity index (χ0v) is 8.84.